The molecular formula is C9H16N2O2S. The number of hydrogen-bond donors (Lipinski definition) is 0. The normalized spacial score (nSPS) is 22.1. The summed E-state index contributed by atoms with van der Waals surface area (Å²) >= 11 is 0. The van der Waals surface area contributed by atoms with Crippen LogP contribution in [-0.2, 0) is 10.0 Å². The minimum atomic E-state index is -3.17. The predicted molar refractivity (Wildman–Crippen MR) is 54.0 cm³/mol. The van der Waals surface area contributed by atoms with Crippen LogP contribution in [0.2, 0.25) is 0 Å². The molecule has 1 aliphatic rings. The Morgan fingerprint density at radius 1 is 1.43 bits per heavy atom. The zero-order valence-electron chi connectivity index (χ0n) is 8.65. The first-order valence-electron chi connectivity index (χ1n) is 4.94. The summed E-state index contributed by atoms with van der Waals surface area (Å²) in [5.74, 6) is 0.191. The largest absolute Gasteiger partial charge is 0.215 e. The summed E-state index contributed by atoms with van der Waals surface area (Å²) in [7, 11) is -3.17. The molecule has 0 radical (unpaired) electrons. The lowest BCUT2D eigenvalue weighted by atomic mass is 9.95. The molecule has 0 aromatic heterocycles. The van der Waals surface area contributed by atoms with E-state index in [1.807, 2.05) is 13.8 Å². The van der Waals surface area contributed by atoms with Crippen molar-refractivity contribution in [2.24, 2.45) is 0 Å². The molecule has 0 bridgehead atoms. The van der Waals surface area contributed by atoms with E-state index in [1.165, 1.54) is 4.31 Å². The van der Waals surface area contributed by atoms with Crippen LogP contribution in [0.4, 0.5) is 0 Å². The SMILES string of the molecule is CCC(C#N)(CC)N1CCCS1(=O)=O. The van der Waals surface area contributed by atoms with Gasteiger partial charge in [0.15, 0.2) is 0 Å². The van der Waals surface area contributed by atoms with Gasteiger partial charge in [0.1, 0.15) is 5.54 Å². The molecule has 0 unspecified atom stereocenters. The molecule has 0 spiro atoms. The van der Waals surface area contributed by atoms with Crippen molar-refractivity contribution in [3.8, 4) is 6.07 Å². The highest BCUT2D eigenvalue weighted by Crippen LogP contribution is 2.30. The second kappa shape index (κ2) is 3.87. The van der Waals surface area contributed by atoms with Gasteiger partial charge in [-0.15, -0.1) is 0 Å². The van der Waals surface area contributed by atoms with Crippen LogP contribution in [0.3, 0.4) is 0 Å². The van der Waals surface area contributed by atoms with Gasteiger partial charge < -0.3 is 0 Å². The summed E-state index contributed by atoms with van der Waals surface area (Å²) < 4.78 is 24.7. The number of nitriles is 1. The van der Waals surface area contributed by atoms with Gasteiger partial charge in [0, 0.05) is 6.54 Å². The molecule has 4 nitrogen and oxygen atoms in total. The van der Waals surface area contributed by atoms with Crippen molar-refractivity contribution in [3.63, 3.8) is 0 Å². The molecule has 1 saturated heterocycles. The molecule has 0 aromatic rings. The van der Waals surface area contributed by atoms with Crippen molar-refractivity contribution in [3.05, 3.63) is 0 Å². The highest BCUT2D eigenvalue weighted by atomic mass is 32.2. The lowest BCUT2D eigenvalue weighted by Gasteiger charge is -2.32. The van der Waals surface area contributed by atoms with Gasteiger partial charge in [-0.2, -0.15) is 9.57 Å². The topological polar surface area (TPSA) is 61.2 Å². The molecule has 0 amide bonds. The maximum Gasteiger partial charge on any atom is 0.215 e. The Kier molecular flexibility index (Phi) is 3.17. The van der Waals surface area contributed by atoms with E-state index in [4.69, 9.17) is 5.26 Å². The Morgan fingerprint density at radius 3 is 2.29 bits per heavy atom. The molecule has 1 aliphatic heterocycles. The van der Waals surface area contributed by atoms with Gasteiger partial charge in [0.2, 0.25) is 10.0 Å². The first-order valence-corrected chi connectivity index (χ1v) is 6.55. The van der Waals surface area contributed by atoms with Gasteiger partial charge in [-0.05, 0) is 19.3 Å². The number of hydrogen-bond acceptors (Lipinski definition) is 3. The molecule has 0 atom stereocenters. The Hall–Kier alpha value is -0.600. The fourth-order valence-electron chi connectivity index (χ4n) is 1.94. The summed E-state index contributed by atoms with van der Waals surface area (Å²) in [5, 5.41) is 9.11. The standard InChI is InChI=1S/C9H16N2O2S/c1-3-9(4-2,8-10)11-6-5-7-14(11,12)13/h3-7H2,1-2H3. The molecule has 0 aliphatic carbocycles. The zero-order chi connectivity index (χ0) is 10.8. The Morgan fingerprint density at radius 2 is 2.00 bits per heavy atom. The summed E-state index contributed by atoms with van der Waals surface area (Å²) in [5.41, 5.74) is -0.810. The number of rotatable bonds is 3. The molecule has 0 N–H and O–H groups in total. The van der Waals surface area contributed by atoms with E-state index in [0.717, 1.165) is 0 Å². The van der Waals surface area contributed by atoms with Gasteiger partial charge in [-0.25, -0.2) is 8.42 Å². The van der Waals surface area contributed by atoms with E-state index in [9.17, 15) is 8.42 Å². The van der Waals surface area contributed by atoms with Crippen LogP contribution in [0.1, 0.15) is 33.1 Å². The average molecular weight is 216 g/mol. The Balaban J connectivity index is 3.08. The molecule has 0 saturated carbocycles. The Labute approximate surface area is 85.6 Å². The first kappa shape index (κ1) is 11.5. The minimum absolute atomic E-state index is 0.191. The monoisotopic (exact) mass is 216 g/mol. The fraction of sp³-hybridized carbons (Fsp3) is 0.889. The second-order valence-corrected chi connectivity index (χ2v) is 5.61. The molecule has 1 heterocycles. The van der Waals surface area contributed by atoms with Crippen molar-refractivity contribution in [1.82, 2.24) is 4.31 Å². The summed E-state index contributed by atoms with van der Waals surface area (Å²) in [4.78, 5) is 0. The van der Waals surface area contributed by atoms with Gasteiger partial charge in [0.05, 0.1) is 11.8 Å². The maximum atomic E-state index is 11.7. The van der Waals surface area contributed by atoms with Gasteiger partial charge in [0.25, 0.3) is 0 Å². The third kappa shape index (κ3) is 1.64. The highest BCUT2D eigenvalue weighted by molar-refractivity contribution is 7.89. The van der Waals surface area contributed by atoms with Crippen molar-refractivity contribution < 1.29 is 8.42 Å². The Bertz CT molecular complexity index is 338. The van der Waals surface area contributed by atoms with Crippen LogP contribution in [-0.4, -0.2) is 30.6 Å². The van der Waals surface area contributed by atoms with Crippen LogP contribution in [0.15, 0.2) is 0 Å². The van der Waals surface area contributed by atoms with Crippen molar-refractivity contribution in [1.29, 1.82) is 5.26 Å². The van der Waals surface area contributed by atoms with E-state index >= 15 is 0 Å². The van der Waals surface area contributed by atoms with Gasteiger partial charge in [-0.1, -0.05) is 13.8 Å². The maximum absolute atomic E-state index is 11.7. The summed E-state index contributed by atoms with van der Waals surface area (Å²) in [6.45, 7) is 4.22. The van der Waals surface area contributed by atoms with Crippen molar-refractivity contribution in [2.75, 3.05) is 12.3 Å². The molecule has 1 fully saturated rings. The smallest absolute Gasteiger partial charge is 0.212 e. The highest BCUT2D eigenvalue weighted by Gasteiger charge is 2.43. The van der Waals surface area contributed by atoms with E-state index in [-0.39, 0.29) is 5.75 Å². The number of sulfonamides is 1. The lowest BCUT2D eigenvalue weighted by Crippen LogP contribution is -2.47. The first-order chi connectivity index (χ1) is 6.52. The molecule has 14 heavy (non-hydrogen) atoms. The van der Waals surface area contributed by atoms with Crippen molar-refractivity contribution in [2.45, 2.75) is 38.6 Å². The summed E-state index contributed by atoms with van der Waals surface area (Å²) in [6.07, 6.45) is 1.75. The third-order valence-corrected chi connectivity index (χ3v) is 4.96. The van der Waals surface area contributed by atoms with E-state index in [1.54, 1.807) is 0 Å². The van der Waals surface area contributed by atoms with E-state index in [2.05, 4.69) is 6.07 Å². The molecule has 5 heteroatoms. The van der Waals surface area contributed by atoms with Crippen LogP contribution in [0.5, 0.6) is 0 Å². The third-order valence-electron chi connectivity index (χ3n) is 2.95. The van der Waals surface area contributed by atoms with E-state index < -0.39 is 15.6 Å². The van der Waals surface area contributed by atoms with Crippen molar-refractivity contribution >= 4 is 10.0 Å². The molecule has 0 aromatic carbocycles. The van der Waals surface area contributed by atoms with Crippen LogP contribution >= 0.6 is 0 Å². The van der Waals surface area contributed by atoms with Crippen LogP contribution in [0, 0.1) is 11.3 Å². The quantitative estimate of drug-likeness (QED) is 0.710. The number of nitrogens with zero attached hydrogens (tertiary/aromatic N) is 2. The van der Waals surface area contributed by atoms with Gasteiger partial charge in [-0.3, -0.25) is 0 Å². The lowest BCUT2D eigenvalue weighted by molar-refractivity contribution is 0.247. The van der Waals surface area contributed by atoms with Crippen LogP contribution in [0.25, 0.3) is 0 Å². The predicted octanol–water partition coefficient (Wildman–Crippen LogP) is 1.10. The zero-order valence-corrected chi connectivity index (χ0v) is 9.47. The molecule has 80 valence electrons. The van der Waals surface area contributed by atoms with E-state index in [0.29, 0.717) is 25.8 Å². The average Bonchev–Trinajstić information content (AvgIpc) is 2.51. The minimum Gasteiger partial charge on any atom is -0.212 e. The summed E-state index contributed by atoms with van der Waals surface area (Å²) in [6, 6.07) is 2.16. The molecule has 1 rings (SSSR count). The second-order valence-electron chi connectivity index (χ2n) is 3.59. The molecular weight excluding hydrogens is 200 g/mol. The fourth-order valence-corrected chi connectivity index (χ4v) is 3.89. The van der Waals surface area contributed by atoms with Crippen LogP contribution < -0.4 is 0 Å². The van der Waals surface area contributed by atoms with Gasteiger partial charge >= 0.3 is 0 Å².